The van der Waals surface area contributed by atoms with E-state index in [1.165, 1.54) is 20.2 Å². The molecular weight excluding hydrogens is 360 g/mol. The van der Waals surface area contributed by atoms with E-state index in [0.29, 0.717) is 6.42 Å². The third kappa shape index (κ3) is 3.19. The molecule has 2 rings (SSSR count). The summed E-state index contributed by atoms with van der Waals surface area (Å²) in [5, 5.41) is 11.6. The summed E-state index contributed by atoms with van der Waals surface area (Å²) in [5.74, 6) is -1.96. The van der Waals surface area contributed by atoms with Crippen LogP contribution in [0, 0.1) is 0 Å². The van der Waals surface area contributed by atoms with E-state index in [2.05, 4.69) is 5.32 Å². The van der Waals surface area contributed by atoms with Crippen molar-refractivity contribution in [1.29, 1.82) is 0 Å². The fraction of sp³-hybridized carbons (Fsp3) is 0.429. The minimum Gasteiger partial charge on any atom is -0.494 e. The summed E-state index contributed by atoms with van der Waals surface area (Å²) in [6.07, 6.45) is 0.654. The number of carboxylic acids is 1. The molecule has 0 saturated carbocycles. The Labute approximate surface area is 144 Å². The first kappa shape index (κ1) is 18.5. The number of carbonyl (C=O) groups is 2. The Morgan fingerprint density at radius 1 is 1.42 bits per heavy atom. The number of aliphatic carboxylic acids is 1. The van der Waals surface area contributed by atoms with Crippen LogP contribution in [0.3, 0.4) is 0 Å². The molecule has 132 valence electrons. The van der Waals surface area contributed by atoms with Crippen molar-refractivity contribution in [3.63, 3.8) is 0 Å². The van der Waals surface area contributed by atoms with E-state index in [1.54, 1.807) is 0 Å². The van der Waals surface area contributed by atoms with Crippen LogP contribution < -0.4 is 10.1 Å². The maximum atomic E-state index is 12.9. The lowest BCUT2D eigenvalue weighted by Gasteiger charge is -2.23. The van der Waals surface area contributed by atoms with Crippen molar-refractivity contribution >= 4 is 33.5 Å². The van der Waals surface area contributed by atoms with Crippen LogP contribution >= 0.6 is 11.6 Å². The van der Waals surface area contributed by atoms with Crippen molar-refractivity contribution in [3.05, 3.63) is 22.7 Å². The highest BCUT2D eigenvalue weighted by Crippen LogP contribution is 2.36. The second-order valence-electron chi connectivity index (χ2n) is 5.18. The normalized spacial score (nSPS) is 18.4. The van der Waals surface area contributed by atoms with Gasteiger partial charge in [0, 0.05) is 18.6 Å². The lowest BCUT2D eigenvalue weighted by Crippen LogP contribution is -2.40. The zero-order chi connectivity index (χ0) is 18.1. The highest BCUT2D eigenvalue weighted by Gasteiger charge is 2.41. The second-order valence-corrected chi connectivity index (χ2v) is 7.47. The molecule has 1 saturated heterocycles. The number of carboxylic acid groups (broad SMARTS) is 1. The SMILES string of the molecule is CNC(=O)c1cc(Cl)cc(S(=O)(=O)N2CCC[C@H]2C(=O)O)c1OC. The molecule has 10 heteroatoms. The maximum absolute atomic E-state index is 12.9. The predicted molar refractivity (Wildman–Crippen MR) is 85.9 cm³/mol. The number of benzene rings is 1. The van der Waals surface area contributed by atoms with Gasteiger partial charge in [0.2, 0.25) is 10.0 Å². The summed E-state index contributed by atoms with van der Waals surface area (Å²) in [4.78, 5) is 22.9. The number of nitrogens with one attached hydrogen (secondary N) is 1. The van der Waals surface area contributed by atoms with Gasteiger partial charge in [0.25, 0.3) is 5.91 Å². The molecule has 1 amide bonds. The van der Waals surface area contributed by atoms with Gasteiger partial charge in [-0.1, -0.05) is 11.6 Å². The van der Waals surface area contributed by atoms with Gasteiger partial charge in [0.1, 0.15) is 10.9 Å². The van der Waals surface area contributed by atoms with Gasteiger partial charge in [-0.3, -0.25) is 9.59 Å². The fourth-order valence-electron chi connectivity index (χ4n) is 2.68. The first-order valence-electron chi connectivity index (χ1n) is 7.08. The number of methoxy groups -OCH3 is 1. The van der Waals surface area contributed by atoms with Gasteiger partial charge in [-0.05, 0) is 25.0 Å². The molecule has 0 bridgehead atoms. The zero-order valence-electron chi connectivity index (χ0n) is 13.1. The Kier molecular flexibility index (Phi) is 5.36. The van der Waals surface area contributed by atoms with E-state index in [1.807, 2.05) is 0 Å². The van der Waals surface area contributed by atoms with Gasteiger partial charge in [0.05, 0.1) is 12.7 Å². The topological polar surface area (TPSA) is 113 Å². The van der Waals surface area contributed by atoms with Crippen molar-refractivity contribution in [2.45, 2.75) is 23.8 Å². The molecule has 0 aromatic heterocycles. The molecule has 8 nitrogen and oxygen atoms in total. The fourth-order valence-corrected chi connectivity index (χ4v) is 4.81. The average Bonchev–Trinajstić information content (AvgIpc) is 3.04. The number of hydrogen-bond donors (Lipinski definition) is 2. The van der Waals surface area contributed by atoms with Gasteiger partial charge in [-0.25, -0.2) is 8.42 Å². The van der Waals surface area contributed by atoms with Crippen molar-refractivity contribution in [3.8, 4) is 5.75 Å². The average molecular weight is 377 g/mol. The van der Waals surface area contributed by atoms with Crippen LogP contribution in [0.15, 0.2) is 17.0 Å². The Hall–Kier alpha value is -1.84. The van der Waals surface area contributed by atoms with Crippen LogP contribution in [0.5, 0.6) is 5.75 Å². The van der Waals surface area contributed by atoms with Crippen LogP contribution in [0.4, 0.5) is 0 Å². The molecule has 1 aromatic carbocycles. The molecule has 0 aliphatic carbocycles. The van der Waals surface area contributed by atoms with Crippen LogP contribution in [0.25, 0.3) is 0 Å². The van der Waals surface area contributed by atoms with Gasteiger partial charge in [-0.15, -0.1) is 0 Å². The van der Waals surface area contributed by atoms with Gasteiger partial charge < -0.3 is 15.2 Å². The van der Waals surface area contributed by atoms with Crippen LogP contribution in [-0.4, -0.2) is 56.5 Å². The molecule has 0 radical (unpaired) electrons. The summed E-state index contributed by atoms with van der Waals surface area (Å²) < 4.78 is 31.9. The maximum Gasteiger partial charge on any atom is 0.322 e. The van der Waals surface area contributed by atoms with E-state index in [9.17, 15) is 23.1 Å². The molecule has 0 spiro atoms. The Morgan fingerprint density at radius 3 is 2.62 bits per heavy atom. The summed E-state index contributed by atoms with van der Waals surface area (Å²) in [6, 6.07) is 1.29. The van der Waals surface area contributed by atoms with Gasteiger partial charge in [0.15, 0.2) is 5.75 Å². The smallest absolute Gasteiger partial charge is 0.322 e. The molecule has 1 aliphatic rings. The number of amides is 1. The molecule has 1 aromatic rings. The molecule has 0 unspecified atom stereocenters. The number of hydrogen-bond acceptors (Lipinski definition) is 5. The predicted octanol–water partition coefficient (Wildman–Crippen LogP) is 0.946. The van der Waals surface area contributed by atoms with Crippen LogP contribution in [0.1, 0.15) is 23.2 Å². The zero-order valence-corrected chi connectivity index (χ0v) is 14.6. The van der Waals surface area contributed by atoms with Gasteiger partial charge in [-0.2, -0.15) is 4.31 Å². The largest absolute Gasteiger partial charge is 0.494 e. The summed E-state index contributed by atoms with van der Waals surface area (Å²) in [6.45, 7) is 0.0737. The molecular formula is C14H17ClN2O6S. The van der Waals surface area contributed by atoms with E-state index in [4.69, 9.17) is 16.3 Å². The highest BCUT2D eigenvalue weighted by atomic mass is 35.5. The monoisotopic (exact) mass is 376 g/mol. The Bertz CT molecular complexity index is 780. The first-order valence-corrected chi connectivity index (χ1v) is 8.90. The summed E-state index contributed by atoms with van der Waals surface area (Å²) >= 11 is 5.96. The molecule has 2 N–H and O–H groups in total. The molecule has 1 atom stereocenters. The lowest BCUT2D eigenvalue weighted by atomic mass is 10.2. The summed E-state index contributed by atoms with van der Waals surface area (Å²) in [7, 11) is -1.58. The highest BCUT2D eigenvalue weighted by molar-refractivity contribution is 7.89. The molecule has 1 heterocycles. The Balaban J connectivity index is 2.64. The van der Waals surface area contributed by atoms with Crippen molar-refractivity contribution in [2.75, 3.05) is 20.7 Å². The van der Waals surface area contributed by atoms with Crippen molar-refractivity contribution in [2.24, 2.45) is 0 Å². The standard InChI is InChI=1S/C14H17ClN2O6S/c1-16-13(18)9-6-8(15)7-11(12(9)23-2)24(21,22)17-5-3-4-10(17)14(19)20/h6-7,10H,3-5H2,1-2H3,(H,16,18)(H,19,20)/t10-/m0/s1. The van der Waals surface area contributed by atoms with Crippen molar-refractivity contribution in [1.82, 2.24) is 9.62 Å². The first-order chi connectivity index (χ1) is 11.2. The van der Waals surface area contributed by atoms with E-state index in [0.717, 1.165) is 10.4 Å². The minimum absolute atomic E-state index is 0.0269. The second kappa shape index (κ2) is 6.96. The van der Waals surface area contributed by atoms with Crippen LogP contribution in [-0.2, 0) is 14.8 Å². The van der Waals surface area contributed by atoms with E-state index >= 15 is 0 Å². The number of halogens is 1. The number of sulfonamides is 1. The quantitative estimate of drug-likeness (QED) is 0.790. The van der Waals surface area contributed by atoms with E-state index in [-0.39, 0.29) is 34.2 Å². The number of ether oxygens (including phenoxy) is 1. The third-order valence-corrected chi connectivity index (χ3v) is 5.90. The third-order valence-electron chi connectivity index (χ3n) is 3.77. The Morgan fingerprint density at radius 2 is 2.08 bits per heavy atom. The lowest BCUT2D eigenvalue weighted by molar-refractivity contribution is -0.140. The van der Waals surface area contributed by atoms with Crippen LogP contribution in [0.2, 0.25) is 5.02 Å². The molecule has 1 fully saturated rings. The number of rotatable bonds is 5. The molecule has 1 aliphatic heterocycles. The number of nitrogens with zero attached hydrogens (tertiary/aromatic N) is 1. The number of carbonyl (C=O) groups excluding carboxylic acids is 1. The minimum atomic E-state index is -4.20. The van der Waals surface area contributed by atoms with Crippen molar-refractivity contribution < 1.29 is 27.9 Å². The van der Waals surface area contributed by atoms with Gasteiger partial charge >= 0.3 is 5.97 Å². The van der Waals surface area contributed by atoms with E-state index < -0.39 is 27.9 Å². The molecule has 24 heavy (non-hydrogen) atoms. The summed E-state index contributed by atoms with van der Waals surface area (Å²) in [5.41, 5.74) is -0.0443.